The molecule has 1 aromatic rings. The minimum Gasteiger partial charge on any atom is -0.354 e. The van der Waals surface area contributed by atoms with Gasteiger partial charge in [-0.3, -0.25) is 9.67 Å². The van der Waals surface area contributed by atoms with Gasteiger partial charge in [-0.25, -0.2) is 4.98 Å². The molecule has 120 valence electrons. The number of nitrogens with one attached hydrogen (secondary N) is 2. The Kier molecular flexibility index (Phi) is 8.38. The van der Waals surface area contributed by atoms with Crippen molar-refractivity contribution in [3.8, 4) is 0 Å². The van der Waals surface area contributed by atoms with E-state index in [1.165, 1.54) is 25.0 Å². The van der Waals surface area contributed by atoms with E-state index in [-0.39, 0.29) is 24.0 Å². The third-order valence-electron chi connectivity index (χ3n) is 3.57. The molecule has 1 saturated carbocycles. The molecule has 0 aliphatic heterocycles. The van der Waals surface area contributed by atoms with Gasteiger partial charge >= 0.3 is 0 Å². The lowest BCUT2D eigenvalue weighted by atomic mass is 10.2. The summed E-state index contributed by atoms with van der Waals surface area (Å²) in [6, 6.07) is 0.532. The van der Waals surface area contributed by atoms with Gasteiger partial charge in [0.25, 0.3) is 0 Å². The molecule has 0 aromatic carbocycles. The second-order valence-electron chi connectivity index (χ2n) is 4.96. The van der Waals surface area contributed by atoms with E-state index < -0.39 is 0 Å². The number of rotatable bonds is 5. The van der Waals surface area contributed by atoms with Gasteiger partial charge < -0.3 is 10.6 Å². The molecule has 2 unspecified atom stereocenters. The van der Waals surface area contributed by atoms with Crippen LogP contribution in [0.15, 0.2) is 11.3 Å². The quantitative estimate of drug-likeness (QED) is 0.429. The van der Waals surface area contributed by atoms with Gasteiger partial charge in [0, 0.05) is 25.4 Å². The molecule has 8 heteroatoms. The topological polar surface area (TPSA) is 67.1 Å². The minimum absolute atomic E-state index is 0. The molecule has 2 rings (SSSR count). The van der Waals surface area contributed by atoms with E-state index in [4.69, 9.17) is 0 Å². The highest BCUT2D eigenvalue weighted by Gasteiger charge is 2.25. The number of hydrogen-bond donors (Lipinski definition) is 2. The molecule has 1 fully saturated rings. The van der Waals surface area contributed by atoms with Crippen molar-refractivity contribution in [2.24, 2.45) is 12.0 Å². The van der Waals surface area contributed by atoms with Crippen molar-refractivity contribution in [2.45, 2.75) is 44.0 Å². The van der Waals surface area contributed by atoms with Crippen LogP contribution in [0.25, 0.3) is 0 Å². The first-order valence-corrected chi connectivity index (χ1v) is 8.19. The van der Waals surface area contributed by atoms with Crippen molar-refractivity contribution in [2.75, 3.05) is 12.8 Å². The van der Waals surface area contributed by atoms with Crippen LogP contribution in [0.3, 0.4) is 0 Å². The number of halogens is 1. The fourth-order valence-electron chi connectivity index (χ4n) is 2.49. The summed E-state index contributed by atoms with van der Waals surface area (Å²) in [7, 11) is 3.70. The lowest BCUT2D eigenvalue weighted by Gasteiger charge is -2.17. The van der Waals surface area contributed by atoms with E-state index in [0.717, 1.165) is 17.0 Å². The van der Waals surface area contributed by atoms with Crippen LogP contribution in [0.2, 0.25) is 0 Å². The maximum Gasteiger partial charge on any atom is 0.191 e. The van der Waals surface area contributed by atoms with Gasteiger partial charge in [0.2, 0.25) is 0 Å². The molecule has 1 aliphatic carbocycles. The van der Waals surface area contributed by atoms with E-state index in [1.807, 2.05) is 7.05 Å². The highest BCUT2D eigenvalue weighted by Crippen LogP contribution is 2.29. The van der Waals surface area contributed by atoms with Crippen molar-refractivity contribution in [1.82, 2.24) is 25.4 Å². The van der Waals surface area contributed by atoms with Gasteiger partial charge in [0.15, 0.2) is 5.96 Å². The monoisotopic (exact) mass is 424 g/mol. The van der Waals surface area contributed by atoms with E-state index in [2.05, 4.69) is 44.4 Å². The first kappa shape index (κ1) is 18.5. The number of aryl methyl sites for hydroxylation is 1. The summed E-state index contributed by atoms with van der Waals surface area (Å²) in [5, 5.41) is 11.7. The summed E-state index contributed by atoms with van der Waals surface area (Å²) in [5.41, 5.74) is 0. The fourth-order valence-corrected chi connectivity index (χ4v) is 3.63. The summed E-state index contributed by atoms with van der Waals surface area (Å²) >= 11 is 2.07. The van der Waals surface area contributed by atoms with E-state index in [9.17, 15) is 0 Å². The molecule has 2 N–H and O–H groups in total. The Balaban J connectivity index is 0.00000220. The van der Waals surface area contributed by atoms with Crippen LogP contribution in [-0.2, 0) is 13.6 Å². The third-order valence-corrected chi connectivity index (χ3v) is 4.80. The first-order chi connectivity index (χ1) is 9.72. The Hall–Kier alpha value is -0.510. The van der Waals surface area contributed by atoms with Crippen molar-refractivity contribution in [3.05, 3.63) is 12.2 Å². The zero-order chi connectivity index (χ0) is 14.4. The van der Waals surface area contributed by atoms with E-state index in [0.29, 0.717) is 12.6 Å². The van der Waals surface area contributed by atoms with Crippen LogP contribution in [0, 0.1) is 0 Å². The number of aromatic nitrogens is 3. The predicted molar refractivity (Wildman–Crippen MR) is 99.3 cm³/mol. The zero-order valence-electron chi connectivity index (χ0n) is 12.9. The van der Waals surface area contributed by atoms with E-state index >= 15 is 0 Å². The number of thioether (sulfide) groups is 1. The molecule has 1 aromatic heterocycles. The predicted octanol–water partition coefficient (Wildman–Crippen LogP) is 1.77. The lowest BCUT2D eigenvalue weighted by molar-refractivity contribution is 0.606. The van der Waals surface area contributed by atoms with Crippen molar-refractivity contribution in [3.63, 3.8) is 0 Å². The highest BCUT2D eigenvalue weighted by molar-refractivity contribution is 14.0. The van der Waals surface area contributed by atoms with Gasteiger partial charge in [0.1, 0.15) is 12.2 Å². The number of hydrogen-bond acceptors (Lipinski definition) is 4. The Morgan fingerprint density at radius 3 is 2.95 bits per heavy atom. The summed E-state index contributed by atoms with van der Waals surface area (Å²) in [6.45, 7) is 2.86. The van der Waals surface area contributed by atoms with Gasteiger partial charge in [-0.15, -0.1) is 24.0 Å². The highest BCUT2D eigenvalue weighted by atomic mass is 127. The zero-order valence-corrected chi connectivity index (χ0v) is 16.0. The van der Waals surface area contributed by atoms with Gasteiger partial charge in [-0.05, 0) is 25.0 Å². The number of aliphatic imine (C=N–C) groups is 1. The SMILES string of the molecule is CCSC1CCC(NC(=NC)NCc2ncnn2C)C1.I. The van der Waals surface area contributed by atoms with Crippen LogP contribution >= 0.6 is 35.7 Å². The molecule has 0 saturated heterocycles. The van der Waals surface area contributed by atoms with Gasteiger partial charge in [-0.1, -0.05) is 6.92 Å². The molecular formula is C13H25IN6S. The molecule has 2 atom stereocenters. The largest absolute Gasteiger partial charge is 0.354 e. The van der Waals surface area contributed by atoms with Crippen molar-refractivity contribution < 1.29 is 0 Å². The smallest absolute Gasteiger partial charge is 0.191 e. The van der Waals surface area contributed by atoms with Crippen LogP contribution in [0.4, 0.5) is 0 Å². The van der Waals surface area contributed by atoms with Gasteiger partial charge in [-0.2, -0.15) is 16.9 Å². The molecular weight excluding hydrogens is 399 g/mol. The average molecular weight is 424 g/mol. The summed E-state index contributed by atoms with van der Waals surface area (Å²) in [6.07, 6.45) is 5.32. The Labute approximate surface area is 148 Å². The second kappa shape index (κ2) is 9.50. The average Bonchev–Trinajstić information content (AvgIpc) is 3.04. The van der Waals surface area contributed by atoms with Gasteiger partial charge in [0.05, 0.1) is 6.54 Å². The lowest BCUT2D eigenvalue weighted by Crippen LogP contribution is -2.42. The molecule has 1 aliphatic rings. The molecule has 0 amide bonds. The third kappa shape index (κ3) is 5.65. The first-order valence-electron chi connectivity index (χ1n) is 7.14. The standard InChI is InChI=1S/C13H24N6S.HI/c1-4-20-11-6-5-10(7-11)18-13(14-2)15-8-12-16-9-17-19(12)3;/h9-11H,4-8H2,1-3H3,(H2,14,15,18);1H. The maximum absolute atomic E-state index is 4.28. The fraction of sp³-hybridized carbons (Fsp3) is 0.769. The summed E-state index contributed by atoms with van der Waals surface area (Å²) in [4.78, 5) is 8.48. The Morgan fingerprint density at radius 1 is 1.52 bits per heavy atom. The van der Waals surface area contributed by atoms with E-state index in [1.54, 1.807) is 18.1 Å². The summed E-state index contributed by atoms with van der Waals surface area (Å²) < 4.78 is 1.77. The van der Waals surface area contributed by atoms with Crippen molar-refractivity contribution >= 4 is 41.7 Å². The van der Waals surface area contributed by atoms with Crippen LogP contribution < -0.4 is 10.6 Å². The van der Waals surface area contributed by atoms with Crippen molar-refractivity contribution in [1.29, 1.82) is 0 Å². The second-order valence-corrected chi connectivity index (χ2v) is 6.53. The molecule has 21 heavy (non-hydrogen) atoms. The molecule has 0 bridgehead atoms. The normalized spacial score (nSPS) is 22.0. The molecule has 6 nitrogen and oxygen atoms in total. The van der Waals surface area contributed by atoms with Crippen LogP contribution in [0.5, 0.6) is 0 Å². The molecule has 1 heterocycles. The van der Waals surface area contributed by atoms with Crippen LogP contribution in [0.1, 0.15) is 32.0 Å². The Morgan fingerprint density at radius 2 is 2.33 bits per heavy atom. The minimum atomic E-state index is 0. The molecule has 0 spiro atoms. The number of nitrogens with zero attached hydrogens (tertiary/aromatic N) is 4. The van der Waals surface area contributed by atoms with Crippen LogP contribution in [-0.4, -0.2) is 44.8 Å². The Bertz CT molecular complexity index is 450. The maximum atomic E-state index is 4.28. The molecule has 0 radical (unpaired) electrons. The number of guanidine groups is 1. The summed E-state index contributed by atoms with van der Waals surface area (Å²) in [5.74, 6) is 2.95.